The Balaban J connectivity index is 2.13. The average Bonchev–Trinajstić information content (AvgIpc) is 2.79. The van der Waals surface area contributed by atoms with Crippen molar-refractivity contribution in [2.45, 2.75) is 26.0 Å². The van der Waals surface area contributed by atoms with Crippen molar-refractivity contribution in [2.24, 2.45) is 0 Å². The number of rotatable bonds is 6. The second kappa shape index (κ2) is 6.07. The van der Waals surface area contributed by atoms with Gasteiger partial charge in [-0.3, -0.25) is 0 Å². The largest absolute Gasteiger partial charge is 0.390 e. The summed E-state index contributed by atoms with van der Waals surface area (Å²) in [5.74, 6) is 0.236. The van der Waals surface area contributed by atoms with Gasteiger partial charge in [0, 0.05) is 18.8 Å². The van der Waals surface area contributed by atoms with Crippen LogP contribution in [0.25, 0.3) is 11.0 Å². The van der Waals surface area contributed by atoms with Crippen LogP contribution in [0.1, 0.15) is 13.3 Å². The molecule has 0 amide bonds. The highest BCUT2D eigenvalue weighted by Gasteiger charge is 2.05. The highest BCUT2D eigenvalue weighted by Crippen LogP contribution is 2.18. The Morgan fingerprint density at radius 2 is 2.33 bits per heavy atom. The molecule has 0 bridgehead atoms. The number of anilines is 1. The maximum atomic E-state index is 9.39. The summed E-state index contributed by atoms with van der Waals surface area (Å²) in [6.07, 6.45) is 2.43. The lowest BCUT2D eigenvalue weighted by Gasteiger charge is -2.10. The number of alkyl halides is 1. The van der Waals surface area contributed by atoms with Crippen LogP contribution in [0.2, 0.25) is 0 Å². The number of imidazole rings is 1. The number of aliphatic hydroxyl groups excluding tert-OH is 1. The van der Waals surface area contributed by atoms with E-state index in [0.29, 0.717) is 6.54 Å². The number of benzene rings is 1. The first-order valence-corrected chi connectivity index (χ1v) is 6.71. The molecule has 1 aromatic carbocycles. The smallest absolute Gasteiger partial charge is 0.0958 e. The molecule has 0 fully saturated rings. The lowest BCUT2D eigenvalue weighted by molar-refractivity contribution is 0.211. The van der Waals surface area contributed by atoms with Crippen LogP contribution in [0.4, 0.5) is 5.69 Å². The summed E-state index contributed by atoms with van der Waals surface area (Å²) in [6.45, 7) is 3.58. The predicted molar refractivity (Wildman–Crippen MR) is 75.2 cm³/mol. The summed E-state index contributed by atoms with van der Waals surface area (Å²) in [7, 11) is 0. The van der Waals surface area contributed by atoms with Crippen molar-refractivity contribution in [1.82, 2.24) is 9.55 Å². The minimum Gasteiger partial charge on any atom is -0.390 e. The molecule has 5 heteroatoms. The van der Waals surface area contributed by atoms with Crippen LogP contribution in [0.5, 0.6) is 0 Å². The summed E-state index contributed by atoms with van der Waals surface area (Å²) >= 11 is 5.55. The van der Waals surface area contributed by atoms with Gasteiger partial charge in [-0.25, -0.2) is 4.98 Å². The van der Waals surface area contributed by atoms with E-state index in [1.165, 1.54) is 0 Å². The van der Waals surface area contributed by atoms with Gasteiger partial charge in [0.25, 0.3) is 0 Å². The summed E-state index contributed by atoms with van der Waals surface area (Å²) in [4.78, 5) is 4.38. The first-order valence-electron chi connectivity index (χ1n) is 6.17. The van der Waals surface area contributed by atoms with Crippen LogP contribution in [0.3, 0.4) is 0 Å². The zero-order valence-electron chi connectivity index (χ0n) is 10.4. The third kappa shape index (κ3) is 2.94. The van der Waals surface area contributed by atoms with Gasteiger partial charge in [-0.2, -0.15) is 0 Å². The van der Waals surface area contributed by atoms with Gasteiger partial charge in [0.15, 0.2) is 0 Å². The molecule has 18 heavy (non-hydrogen) atoms. The van der Waals surface area contributed by atoms with Gasteiger partial charge in [-0.15, -0.1) is 11.6 Å². The zero-order valence-corrected chi connectivity index (χ0v) is 11.2. The van der Waals surface area contributed by atoms with E-state index in [4.69, 9.17) is 11.6 Å². The molecular weight excluding hydrogens is 250 g/mol. The standard InChI is InChI=1S/C13H18ClN3O/c1-2-5-17-9-16-12-6-10(3-4-13(12)17)15-8-11(18)7-14/h3-4,6,9,11,15,18H,2,5,7-8H2,1H3. The minimum absolute atomic E-state index is 0.236. The molecular formula is C13H18ClN3O. The fraction of sp³-hybridized carbons (Fsp3) is 0.462. The van der Waals surface area contributed by atoms with Crippen molar-refractivity contribution < 1.29 is 5.11 Å². The molecule has 98 valence electrons. The molecule has 1 atom stereocenters. The van der Waals surface area contributed by atoms with Gasteiger partial charge in [0.2, 0.25) is 0 Å². The molecule has 0 radical (unpaired) electrons. The number of nitrogens with one attached hydrogen (secondary N) is 1. The second-order valence-electron chi connectivity index (χ2n) is 4.33. The van der Waals surface area contributed by atoms with E-state index in [2.05, 4.69) is 21.8 Å². The summed E-state index contributed by atoms with van der Waals surface area (Å²) < 4.78 is 2.15. The number of aliphatic hydroxyl groups is 1. The number of fused-ring (bicyclic) bond motifs is 1. The lowest BCUT2D eigenvalue weighted by Crippen LogP contribution is -2.20. The molecule has 0 aliphatic heterocycles. The van der Waals surface area contributed by atoms with Crippen molar-refractivity contribution in [3.8, 4) is 0 Å². The van der Waals surface area contributed by atoms with Crippen molar-refractivity contribution in [2.75, 3.05) is 17.7 Å². The molecule has 2 N–H and O–H groups in total. The molecule has 1 heterocycles. The number of nitrogens with zero attached hydrogens (tertiary/aromatic N) is 2. The molecule has 4 nitrogen and oxygen atoms in total. The molecule has 0 aliphatic rings. The van der Waals surface area contributed by atoms with Crippen LogP contribution in [-0.2, 0) is 6.54 Å². The first kappa shape index (κ1) is 13.2. The summed E-state index contributed by atoms with van der Waals surface area (Å²) in [5, 5.41) is 12.5. The highest BCUT2D eigenvalue weighted by atomic mass is 35.5. The average molecular weight is 268 g/mol. The third-order valence-corrected chi connectivity index (χ3v) is 3.16. The van der Waals surface area contributed by atoms with Crippen LogP contribution < -0.4 is 5.32 Å². The molecule has 2 aromatic rings. The van der Waals surface area contributed by atoms with Crippen LogP contribution in [-0.4, -0.2) is 33.2 Å². The van der Waals surface area contributed by atoms with E-state index in [0.717, 1.165) is 29.7 Å². The van der Waals surface area contributed by atoms with Crippen molar-refractivity contribution in [3.05, 3.63) is 24.5 Å². The van der Waals surface area contributed by atoms with Crippen LogP contribution in [0.15, 0.2) is 24.5 Å². The molecule has 0 aliphatic carbocycles. The molecule has 1 aromatic heterocycles. The topological polar surface area (TPSA) is 50.1 Å². The summed E-state index contributed by atoms with van der Waals surface area (Å²) in [5.41, 5.74) is 3.06. The zero-order chi connectivity index (χ0) is 13.0. The van der Waals surface area contributed by atoms with Crippen molar-refractivity contribution in [3.63, 3.8) is 0 Å². The SMILES string of the molecule is CCCn1cnc2cc(NCC(O)CCl)ccc21. The Morgan fingerprint density at radius 1 is 1.50 bits per heavy atom. The van der Waals surface area contributed by atoms with Gasteiger partial charge in [-0.1, -0.05) is 6.92 Å². The summed E-state index contributed by atoms with van der Waals surface area (Å²) in [6, 6.07) is 6.03. The van der Waals surface area contributed by atoms with Crippen molar-refractivity contribution in [1.29, 1.82) is 0 Å². The maximum absolute atomic E-state index is 9.39. The number of halogens is 1. The molecule has 0 saturated carbocycles. The Morgan fingerprint density at radius 3 is 3.06 bits per heavy atom. The van der Waals surface area contributed by atoms with Crippen LogP contribution in [0, 0.1) is 0 Å². The number of aryl methyl sites for hydroxylation is 1. The van der Waals surface area contributed by atoms with Gasteiger partial charge >= 0.3 is 0 Å². The molecule has 2 rings (SSSR count). The lowest BCUT2D eigenvalue weighted by atomic mass is 10.2. The van der Waals surface area contributed by atoms with Gasteiger partial charge in [0.1, 0.15) is 0 Å². The normalized spacial score (nSPS) is 12.8. The Kier molecular flexibility index (Phi) is 4.44. The van der Waals surface area contributed by atoms with Gasteiger partial charge in [-0.05, 0) is 24.6 Å². The van der Waals surface area contributed by atoms with Crippen molar-refractivity contribution >= 4 is 28.3 Å². The minimum atomic E-state index is -0.528. The van der Waals surface area contributed by atoms with E-state index >= 15 is 0 Å². The Hall–Kier alpha value is -1.26. The quantitative estimate of drug-likeness (QED) is 0.791. The van der Waals surface area contributed by atoms with E-state index in [1.54, 1.807) is 0 Å². The Labute approximate surface area is 112 Å². The van der Waals surface area contributed by atoms with E-state index in [1.807, 2.05) is 24.5 Å². The molecule has 0 spiro atoms. The highest BCUT2D eigenvalue weighted by molar-refractivity contribution is 6.18. The monoisotopic (exact) mass is 267 g/mol. The Bertz CT molecular complexity index is 512. The van der Waals surface area contributed by atoms with E-state index in [9.17, 15) is 5.11 Å². The number of hydrogen-bond donors (Lipinski definition) is 2. The fourth-order valence-electron chi connectivity index (χ4n) is 1.88. The number of aromatic nitrogens is 2. The van der Waals surface area contributed by atoms with Crippen LogP contribution >= 0.6 is 11.6 Å². The fourth-order valence-corrected chi connectivity index (χ4v) is 1.99. The number of hydrogen-bond acceptors (Lipinski definition) is 3. The third-order valence-electron chi connectivity index (χ3n) is 2.81. The van der Waals surface area contributed by atoms with Gasteiger partial charge < -0.3 is 15.0 Å². The van der Waals surface area contributed by atoms with Gasteiger partial charge in [0.05, 0.1) is 29.3 Å². The predicted octanol–water partition coefficient (Wildman–Crippen LogP) is 2.46. The maximum Gasteiger partial charge on any atom is 0.0958 e. The molecule has 1 unspecified atom stereocenters. The van der Waals surface area contributed by atoms with E-state index < -0.39 is 6.10 Å². The second-order valence-corrected chi connectivity index (χ2v) is 4.64. The first-order chi connectivity index (χ1) is 8.74. The van der Waals surface area contributed by atoms with E-state index in [-0.39, 0.29) is 5.88 Å². The molecule has 0 saturated heterocycles.